The monoisotopic (exact) mass is 345 g/mol. The summed E-state index contributed by atoms with van der Waals surface area (Å²) in [5.74, 6) is 0.772. The number of rotatable bonds is 8. The number of benzene rings is 2. The third-order valence-corrected chi connectivity index (χ3v) is 4.65. The second-order valence-electron chi connectivity index (χ2n) is 5.08. The van der Waals surface area contributed by atoms with Crippen LogP contribution in [-0.4, -0.2) is 18.2 Å². The third kappa shape index (κ3) is 5.77. The van der Waals surface area contributed by atoms with Crippen molar-refractivity contribution in [1.82, 2.24) is 5.32 Å². The molecule has 23 heavy (non-hydrogen) atoms. The molecule has 0 radical (unpaired) electrons. The molecular weight excluding hydrogens is 326 g/mol. The summed E-state index contributed by atoms with van der Waals surface area (Å²) in [4.78, 5) is 13.3. The molecule has 2 rings (SSSR count). The third-order valence-electron chi connectivity index (χ3n) is 3.33. The van der Waals surface area contributed by atoms with Gasteiger partial charge in [0, 0.05) is 22.2 Å². The Bertz CT molecular complexity index is 655. The molecule has 2 aromatic carbocycles. The van der Waals surface area contributed by atoms with Crippen molar-refractivity contribution in [1.29, 1.82) is 0 Å². The van der Waals surface area contributed by atoms with Crippen molar-refractivity contribution in [2.75, 3.05) is 12.3 Å². The molecule has 1 N–H and O–H groups in total. The number of aryl methyl sites for hydroxylation is 1. The fourth-order valence-corrected chi connectivity index (χ4v) is 3.08. The lowest BCUT2D eigenvalue weighted by Crippen LogP contribution is -2.25. The van der Waals surface area contributed by atoms with E-state index in [1.165, 1.54) is 5.56 Å². The summed E-state index contributed by atoms with van der Waals surface area (Å²) in [7, 11) is 0. The number of carbonyl (C=O) groups excluding carboxylic acids is 1. The predicted molar refractivity (Wildman–Crippen MR) is 99.5 cm³/mol. The van der Waals surface area contributed by atoms with Gasteiger partial charge in [0.15, 0.2) is 0 Å². The van der Waals surface area contributed by atoms with Crippen LogP contribution in [0.5, 0.6) is 0 Å². The fraction of sp³-hybridized carbons (Fsp3) is 0.211. The first kappa shape index (κ1) is 17.6. The van der Waals surface area contributed by atoms with E-state index >= 15 is 0 Å². The molecule has 0 atom stereocenters. The lowest BCUT2D eigenvalue weighted by molar-refractivity contribution is 0.0950. The summed E-state index contributed by atoms with van der Waals surface area (Å²) in [5, 5.41) is 3.74. The van der Waals surface area contributed by atoms with E-state index in [1.54, 1.807) is 11.8 Å². The van der Waals surface area contributed by atoms with Crippen LogP contribution in [0.4, 0.5) is 0 Å². The fourth-order valence-electron chi connectivity index (χ4n) is 2.17. The van der Waals surface area contributed by atoms with E-state index in [4.69, 9.17) is 11.6 Å². The average molecular weight is 346 g/mol. The zero-order valence-electron chi connectivity index (χ0n) is 12.9. The van der Waals surface area contributed by atoms with Gasteiger partial charge in [0.05, 0.1) is 5.56 Å². The van der Waals surface area contributed by atoms with E-state index in [0.717, 1.165) is 34.1 Å². The maximum Gasteiger partial charge on any atom is 0.252 e. The molecule has 2 aromatic rings. The van der Waals surface area contributed by atoms with Crippen molar-refractivity contribution in [3.05, 3.63) is 77.3 Å². The average Bonchev–Trinajstić information content (AvgIpc) is 2.58. The zero-order chi connectivity index (χ0) is 16.5. The second kappa shape index (κ2) is 9.43. The molecule has 0 bridgehead atoms. The minimum Gasteiger partial charge on any atom is -0.352 e. The molecule has 4 heteroatoms. The Morgan fingerprint density at radius 3 is 2.65 bits per heavy atom. The Kier molecular flexibility index (Phi) is 7.24. The summed E-state index contributed by atoms with van der Waals surface area (Å²) in [6, 6.07) is 15.5. The zero-order valence-corrected chi connectivity index (χ0v) is 14.5. The summed E-state index contributed by atoms with van der Waals surface area (Å²) < 4.78 is 0. The molecule has 0 aliphatic heterocycles. The normalized spacial score (nSPS) is 10.3. The van der Waals surface area contributed by atoms with Crippen molar-refractivity contribution in [3.8, 4) is 0 Å². The van der Waals surface area contributed by atoms with Gasteiger partial charge in [0.25, 0.3) is 5.91 Å². The van der Waals surface area contributed by atoms with Crippen molar-refractivity contribution >= 4 is 29.3 Å². The first-order chi connectivity index (χ1) is 11.2. The highest BCUT2D eigenvalue weighted by Gasteiger charge is 2.10. The number of nitrogens with one attached hydrogen (secondary N) is 1. The van der Waals surface area contributed by atoms with Crippen molar-refractivity contribution < 1.29 is 4.79 Å². The van der Waals surface area contributed by atoms with E-state index in [9.17, 15) is 4.79 Å². The highest BCUT2D eigenvalue weighted by atomic mass is 35.5. The molecule has 0 aliphatic rings. The molecular formula is C19H20ClNOS. The highest BCUT2D eigenvalue weighted by Crippen LogP contribution is 2.22. The van der Waals surface area contributed by atoms with Gasteiger partial charge < -0.3 is 5.32 Å². The summed E-state index contributed by atoms with van der Waals surface area (Å²) in [5.41, 5.74) is 1.96. The topological polar surface area (TPSA) is 29.1 Å². The lowest BCUT2D eigenvalue weighted by atomic mass is 10.1. The quantitative estimate of drug-likeness (QED) is 0.415. The van der Waals surface area contributed by atoms with Gasteiger partial charge in [-0.25, -0.2) is 0 Å². The molecule has 0 heterocycles. The summed E-state index contributed by atoms with van der Waals surface area (Å²) >= 11 is 7.49. The molecule has 2 nitrogen and oxygen atoms in total. The molecule has 0 saturated heterocycles. The Balaban J connectivity index is 1.82. The van der Waals surface area contributed by atoms with Gasteiger partial charge in [-0.3, -0.25) is 4.79 Å². The van der Waals surface area contributed by atoms with Crippen molar-refractivity contribution in [3.63, 3.8) is 0 Å². The van der Waals surface area contributed by atoms with Crippen molar-refractivity contribution in [2.24, 2.45) is 0 Å². The SMILES string of the molecule is C=CCSc1ccccc1C(=O)NCCCc1ccc(Cl)cc1. The van der Waals surface area contributed by atoms with Crippen LogP contribution < -0.4 is 5.32 Å². The Hall–Kier alpha value is -1.71. The largest absolute Gasteiger partial charge is 0.352 e. The Labute approximate surface area is 146 Å². The standard InChI is InChI=1S/C19H20ClNOS/c1-2-14-23-18-8-4-3-7-17(18)19(22)21-13-5-6-15-9-11-16(20)12-10-15/h2-4,7-12H,1,5-6,13-14H2,(H,21,22). The molecule has 0 fully saturated rings. The first-order valence-corrected chi connectivity index (χ1v) is 8.92. The molecule has 1 amide bonds. The van der Waals surface area contributed by atoms with Crippen LogP contribution in [0.2, 0.25) is 5.02 Å². The van der Waals surface area contributed by atoms with E-state index in [2.05, 4.69) is 11.9 Å². The van der Waals surface area contributed by atoms with Gasteiger partial charge in [-0.15, -0.1) is 18.3 Å². The smallest absolute Gasteiger partial charge is 0.252 e. The summed E-state index contributed by atoms with van der Waals surface area (Å²) in [6.45, 7) is 4.37. The molecule has 0 unspecified atom stereocenters. The van der Waals surface area contributed by atoms with E-state index in [0.29, 0.717) is 6.54 Å². The number of carbonyl (C=O) groups is 1. The Morgan fingerprint density at radius 2 is 1.91 bits per heavy atom. The van der Waals surface area contributed by atoms with Crippen molar-refractivity contribution in [2.45, 2.75) is 17.7 Å². The van der Waals surface area contributed by atoms with Crippen LogP contribution in [0, 0.1) is 0 Å². The number of halogens is 1. The van der Waals surface area contributed by atoms with Crippen LogP contribution in [-0.2, 0) is 6.42 Å². The van der Waals surface area contributed by atoms with Crippen LogP contribution in [0.25, 0.3) is 0 Å². The van der Waals surface area contributed by atoms with E-state index in [1.807, 2.05) is 54.6 Å². The summed E-state index contributed by atoms with van der Waals surface area (Å²) in [6.07, 6.45) is 3.66. The highest BCUT2D eigenvalue weighted by molar-refractivity contribution is 7.99. The minimum absolute atomic E-state index is 0.0201. The lowest BCUT2D eigenvalue weighted by Gasteiger charge is -2.09. The first-order valence-electron chi connectivity index (χ1n) is 7.56. The molecule has 0 spiro atoms. The minimum atomic E-state index is -0.0201. The van der Waals surface area contributed by atoms with E-state index < -0.39 is 0 Å². The number of hydrogen-bond acceptors (Lipinski definition) is 2. The molecule has 0 aliphatic carbocycles. The van der Waals surface area contributed by atoms with E-state index in [-0.39, 0.29) is 5.91 Å². The molecule has 0 aromatic heterocycles. The van der Waals surface area contributed by atoms with Crippen LogP contribution in [0.1, 0.15) is 22.3 Å². The molecule has 120 valence electrons. The predicted octanol–water partition coefficient (Wildman–Crippen LogP) is 4.98. The van der Waals surface area contributed by atoms with Crippen LogP contribution in [0.15, 0.2) is 66.1 Å². The number of amides is 1. The Morgan fingerprint density at radius 1 is 1.17 bits per heavy atom. The van der Waals surface area contributed by atoms with Crippen LogP contribution in [0.3, 0.4) is 0 Å². The van der Waals surface area contributed by atoms with Gasteiger partial charge in [0.1, 0.15) is 0 Å². The maximum absolute atomic E-state index is 12.3. The number of hydrogen-bond donors (Lipinski definition) is 1. The van der Waals surface area contributed by atoms with Gasteiger partial charge in [0.2, 0.25) is 0 Å². The second-order valence-corrected chi connectivity index (χ2v) is 6.58. The molecule has 0 saturated carbocycles. The van der Waals surface area contributed by atoms with Crippen LogP contribution >= 0.6 is 23.4 Å². The van der Waals surface area contributed by atoms with Gasteiger partial charge >= 0.3 is 0 Å². The van der Waals surface area contributed by atoms with Gasteiger partial charge in [-0.1, -0.05) is 41.9 Å². The van der Waals surface area contributed by atoms with Gasteiger partial charge in [-0.05, 0) is 42.7 Å². The number of thioether (sulfide) groups is 1. The van der Waals surface area contributed by atoms with Gasteiger partial charge in [-0.2, -0.15) is 0 Å². The maximum atomic E-state index is 12.3.